The second-order valence-corrected chi connectivity index (χ2v) is 6.65. The summed E-state index contributed by atoms with van der Waals surface area (Å²) in [7, 11) is 0. The molecule has 3 rings (SSSR count). The average molecular weight is 299 g/mol. The van der Waals surface area contributed by atoms with Crippen molar-refractivity contribution < 1.29 is 0 Å². The molecule has 0 fully saturated rings. The smallest absolute Gasteiger partial charge is 0.113 e. The minimum absolute atomic E-state index is 0.501. The molecule has 0 bridgehead atoms. The van der Waals surface area contributed by atoms with Gasteiger partial charge in [0.25, 0.3) is 0 Å². The molecule has 0 amide bonds. The van der Waals surface area contributed by atoms with Crippen LogP contribution in [-0.4, -0.2) is 15.6 Å². The Morgan fingerprint density at radius 3 is 2.86 bits per heavy atom. The number of hydrogen-bond acceptors (Lipinski definition) is 3. The second-order valence-electron chi connectivity index (χ2n) is 5.71. The van der Waals surface area contributed by atoms with E-state index in [1.807, 2.05) is 6.92 Å². The van der Waals surface area contributed by atoms with Crippen LogP contribution in [0.25, 0.3) is 10.9 Å². The van der Waals surface area contributed by atoms with Crippen LogP contribution in [0.5, 0.6) is 0 Å². The quantitative estimate of drug-likeness (QED) is 0.773. The summed E-state index contributed by atoms with van der Waals surface area (Å²) in [5.74, 6) is 0. The maximum Gasteiger partial charge on any atom is 0.113 e. The van der Waals surface area contributed by atoms with E-state index in [0.717, 1.165) is 23.8 Å². The van der Waals surface area contributed by atoms with E-state index >= 15 is 0 Å². The van der Waals surface area contributed by atoms with Crippen molar-refractivity contribution in [1.82, 2.24) is 14.9 Å². The van der Waals surface area contributed by atoms with Gasteiger partial charge in [-0.3, -0.25) is 0 Å². The largest absolute Gasteiger partial charge is 0.341 e. The molecule has 1 N–H and O–H groups in total. The molecule has 0 unspecified atom stereocenters. The number of benzene rings is 1. The van der Waals surface area contributed by atoms with Crippen LogP contribution in [0.3, 0.4) is 0 Å². The van der Waals surface area contributed by atoms with E-state index in [9.17, 15) is 0 Å². The van der Waals surface area contributed by atoms with Crippen molar-refractivity contribution in [3.63, 3.8) is 0 Å². The molecule has 2 heterocycles. The minimum Gasteiger partial charge on any atom is -0.341 e. The summed E-state index contributed by atoms with van der Waals surface area (Å²) in [6.45, 7) is 8.16. The van der Waals surface area contributed by atoms with Crippen molar-refractivity contribution in [2.45, 2.75) is 39.9 Å². The second kappa shape index (κ2) is 6.00. The maximum absolute atomic E-state index is 4.56. The van der Waals surface area contributed by atoms with Gasteiger partial charge in [0.15, 0.2) is 0 Å². The number of fused-ring (bicyclic) bond motifs is 1. The van der Waals surface area contributed by atoms with Crippen LogP contribution in [0.1, 0.15) is 30.1 Å². The summed E-state index contributed by atoms with van der Waals surface area (Å²) in [4.78, 5) is 4.56. The van der Waals surface area contributed by atoms with E-state index in [2.05, 4.69) is 64.6 Å². The van der Waals surface area contributed by atoms with E-state index in [-0.39, 0.29) is 0 Å². The van der Waals surface area contributed by atoms with Crippen molar-refractivity contribution in [3.8, 4) is 0 Å². The SMILES string of the molecule is Cc1csc(Cn2ccc3c(CNC(C)C)cccc32)n1. The summed E-state index contributed by atoms with van der Waals surface area (Å²) in [6.07, 6.45) is 2.17. The molecule has 0 aliphatic heterocycles. The van der Waals surface area contributed by atoms with Crippen LogP contribution in [0.4, 0.5) is 0 Å². The zero-order valence-electron chi connectivity index (χ0n) is 12.8. The number of nitrogens with zero attached hydrogens (tertiary/aromatic N) is 2. The van der Waals surface area contributed by atoms with Crippen molar-refractivity contribution in [2.24, 2.45) is 0 Å². The number of hydrogen-bond donors (Lipinski definition) is 1. The molecule has 0 spiro atoms. The number of nitrogens with one attached hydrogen (secondary N) is 1. The average Bonchev–Trinajstić information content (AvgIpc) is 3.04. The van der Waals surface area contributed by atoms with Gasteiger partial charge in [0.2, 0.25) is 0 Å². The standard InChI is InChI=1S/C17H21N3S/c1-12(2)18-9-14-5-4-6-16-15(14)7-8-20(16)10-17-19-13(3)11-21-17/h4-8,11-12,18H,9-10H2,1-3H3. The van der Waals surface area contributed by atoms with Crippen molar-refractivity contribution in [2.75, 3.05) is 0 Å². The first-order valence-corrected chi connectivity index (χ1v) is 8.22. The van der Waals surface area contributed by atoms with Crippen molar-refractivity contribution >= 4 is 22.2 Å². The Hall–Kier alpha value is -1.65. The van der Waals surface area contributed by atoms with Gasteiger partial charge in [0.05, 0.1) is 6.54 Å². The van der Waals surface area contributed by atoms with Crippen molar-refractivity contribution in [1.29, 1.82) is 0 Å². The zero-order chi connectivity index (χ0) is 14.8. The predicted octanol–water partition coefficient (Wildman–Crippen LogP) is 3.95. The molecule has 3 aromatic rings. The highest BCUT2D eigenvalue weighted by Gasteiger charge is 2.07. The Morgan fingerprint density at radius 2 is 2.14 bits per heavy atom. The number of aryl methyl sites for hydroxylation is 1. The molecule has 0 aliphatic carbocycles. The van der Waals surface area contributed by atoms with E-state index < -0.39 is 0 Å². The normalized spacial score (nSPS) is 11.6. The molecule has 4 heteroatoms. The Kier molecular flexibility index (Phi) is 4.08. The van der Waals surface area contributed by atoms with Crippen LogP contribution in [0, 0.1) is 6.92 Å². The number of thiazole rings is 1. The molecular formula is C17H21N3S. The van der Waals surface area contributed by atoms with Crippen LogP contribution < -0.4 is 5.32 Å². The summed E-state index contributed by atoms with van der Waals surface area (Å²) >= 11 is 1.73. The van der Waals surface area contributed by atoms with E-state index in [4.69, 9.17) is 0 Å². The van der Waals surface area contributed by atoms with Gasteiger partial charge in [0.1, 0.15) is 5.01 Å². The van der Waals surface area contributed by atoms with Crippen LogP contribution in [-0.2, 0) is 13.1 Å². The third kappa shape index (κ3) is 3.17. The number of rotatable bonds is 5. The van der Waals surface area contributed by atoms with Gasteiger partial charge in [-0.05, 0) is 24.6 Å². The highest BCUT2D eigenvalue weighted by molar-refractivity contribution is 7.09. The van der Waals surface area contributed by atoms with Crippen LogP contribution in [0.15, 0.2) is 35.8 Å². The lowest BCUT2D eigenvalue weighted by atomic mass is 10.1. The number of aromatic nitrogens is 2. The van der Waals surface area contributed by atoms with Gasteiger partial charge in [-0.15, -0.1) is 11.3 Å². The van der Waals surface area contributed by atoms with Crippen LogP contribution in [0.2, 0.25) is 0 Å². The third-order valence-corrected chi connectivity index (χ3v) is 4.53. The van der Waals surface area contributed by atoms with Gasteiger partial charge in [-0.25, -0.2) is 4.98 Å². The highest BCUT2D eigenvalue weighted by atomic mass is 32.1. The monoisotopic (exact) mass is 299 g/mol. The Balaban J connectivity index is 1.89. The molecule has 0 saturated heterocycles. The van der Waals surface area contributed by atoms with Gasteiger partial charge >= 0.3 is 0 Å². The zero-order valence-corrected chi connectivity index (χ0v) is 13.6. The van der Waals surface area contributed by atoms with Gasteiger partial charge in [-0.2, -0.15) is 0 Å². The Morgan fingerprint density at radius 1 is 1.29 bits per heavy atom. The van der Waals surface area contributed by atoms with Gasteiger partial charge < -0.3 is 9.88 Å². The first-order chi connectivity index (χ1) is 10.1. The molecule has 21 heavy (non-hydrogen) atoms. The molecule has 0 atom stereocenters. The predicted molar refractivity (Wildman–Crippen MR) is 89.9 cm³/mol. The molecule has 110 valence electrons. The summed E-state index contributed by atoms with van der Waals surface area (Å²) in [6, 6.07) is 9.25. The summed E-state index contributed by atoms with van der Waals surface area (Å²) < 4.78 is 2.28. The van der Waals surface area contributed by atoms with Crippen LogP contribution >= 0.6 is 11.3 Å². The molecule has 0 saturated carbocycles. The molecule has 1 aromatic carbocycles. The summed E-state index contributed by atoms with van der Waals surface area (Å²) in [5.41, 5.74) is 3.74. The Labute approximate surface area is 129 Å². The lowest BCUT2D eigenvalue weighted by Gasteiger charge is -2.10. The van der Waals surface area contributed by atoms with Gasteiger partial charge in [0, 0.05) is 40.8 Å². The fourth-order valence-corrected chi connectivity index (χ4v) is 3.28. The first-order valence-electron chi connectivity index (χ1n) is 7.34. The molecule has 3 nitrogen and oxygen atoms in total. The van der Waals surface area contributed by atoms with E-state index in [1.54, 1.807) is 11.3 Å². The lowest BCUT2D eigenvalue weighted by molar-refractivity contribution is 0.590. The topological polar surface area (TPSA) is 29.9 Å². The van der Waals surface area contributed by atoms with Crippen molar-refractivity contribution in [3.05, 3.63) is 52.1 Å². The first kappa shape index (κ1) is 14.3. The van der Waals surface area contributed by atoms with Gasteiger partial charge in [-0.1, -0.05) is 26.0 Å². The summed E-state index contributed by atoms with van der Waals surface area (Å²) in [5, 5.41) is 8.10. The fraction of sp³-hybridized carbons (Fsp3) is 0.353. The third-order valence-electron chi connectivity index (χ3n) is 3.58. The molecular weight excluding hydrogens is 278 g/mol. The minimum atomic E-state index is 0.501. The highest BCUT2D eigenvalue weighted by Crippen LogP contribution is 2.22. The van der Waals surface area contributed by atoms with E-state index in [0.29, 0.717) is 6.04 Å². The lowest BCUT2D eigenvalue weighted by Crippen LogP contribution is -2.21. The van der Waals surface area contributed by atoms with E-state index in [1.165, 1.54) is 16.5 Å². The maximum atomic E-state index is 4.56. The fourth-order valence-electron chi connectivity index (χ4n) is 2.51. The molecule has 0 radical (unpaired) electrons. The molecule has 2 aromatic heterocycles. The Bertz CT molecular complexity index is 739. The molecule has 0 aliphatic rings.